The molecule has 1 rings (SSSR count). The van der Waals surface area contributed by atoms with E-state index in [4.69, 9.17) is 0 Å². The molecule has 0 spiro atoms. The molecule has 1 N–H and O–H groups in total. The highest BCUT2D eigenvalue weighted by Gasteiger charge is 1.94. The largest absolute Gasteiger partial charge is 0.352 e. The minimum atomic E-state index is 0.522. The average Bonchev–Trinajstić information content (AvgIpc) is 2.41. The molecule has 0 atom stereocenters. The van der Waals surface area contributed by atoms with E-state index in [2.05, 4.69) is 33.3 Å². The van der Waals surface area contributed by atoms with Crippen LogP contribution in [0.4, 0.5) is 5.88 Å². The van der Waals surface area contributed by atoms with Crippen molar-refractivity contribution in [2.75, 3.05) is 11.9 Å². The fourth-order valence-corrected chi connectivity index (χ4v) is 0.598. The summed E-state index contributed by atoms with van der Waals surface area (Å²) in [6.07, 6.45) is 4.84. The summed E-state index contributed by atoms with van der Waals surface area (Å²) in [7, 11) is 0. The van der Waals surface area contributed by atoms with Gasteiger partial charge in [0.15, 0.2) is 6.20 Å². The second-order valence-electron chi connectivity index (χ2n) is 1.99. The molecule has 0 amide bonds. The summed E-state index contributed by atoms with van der Waals surface area (Å²) in [4.78, 5) is 0. The lowest BCUT2D eigenvalue weighted by Crippen LogP contribution is -1.99. The first kappa shape index (κ1) is 7.05. The van der Waals surface area contributed by atoms with Crippen LogP contribution in [0.1, 0.15) is 19.8 Å². The van der Waals surface area contributed by atoms with Crippen LogP contribution in [-0.4, -0.2) is 16.9 Å². The third kappa shape index (κ3) is 2.05. The van der Waals surface area contributed by atoms with Crippen LogP contribution in [0.3, 0.4) is 0 Å². The van der Waals surface area contributed by atoms with Crippen LogP contribution in [0.2, 0.25) is 0 Å². The number of hydrogen-bond acceptors (Lipinski definition) is 4. The Morgan fingerprint density at radius 3 is 3.20 bits per heavy atom. The third-order valence-electron chi connectivity index (χ3n) is 1.14. The number of rotatable bonds is 4. The summed E-state index contributed by atoms with van der Waals surface area (Å²) >= 11 is 0. The van der Waals surface area contributed by atoms with E-state index in [-0.39, 0.29) is 0 Å². The fraction of sp³-hybridized carbons (Fsp3) is 0.667. The quantitative estimate of drug-likeness (QED) is 0.636. The SMILES string of the molecule is CCCCNc1[c]nno1. The van der Waals surface area contributed by atoms with Crippen molar-refractivity contribution in [2.24, 2.45) is 0 Å². The minimum absolute atomic E-state index is 0.522. The van der Waals surface area contributed by atoms with E-state index in [0.29, 0.717) is 5.88 Å². The first-order valence-corrected chi connectivity index (χ1v) is 3.37. The van der Waals surface area contributed by atoms with Crippen LogP contribution in [0, 0.1) is 6.20 Å². The second-order valence-corrected chi connectivity index (χ2v) is 1.99. The molecular formula is C6H10N3O. The molecule has 4 nitrogen and oxygen atoms in total. The zero-order valence-electron chi connectivity index (χ0n) is 5.92. The smallest absolute Gasteiger partial charge is 0.255 e. The molecule has 0 aliphatic rings. The van der Waals surface area contributed by atoms with Gasteiger partial charge >= 0.3 is 0 Å². The van der Waals surface area contributed by atoms with Crippen molar-refractivity contribution < 1.29 is 4.52 Å². The van der Waals surface area contributed by atoms with Crippen LogP contribution in [0.5, 0.6) is 0 Å². The molecular weight excluding hydrogens is 130 g/mol. The molecule has 1 aromatic rings. The first-order chi connectivity index (χ1) is 4.93. The Labute approximate surface area is 59.6 Å². The molecule has 0 saturated carbocycles. The standard InChI is InChI=1S/C6H10N3O/c1-2-3-4-7-6-5-8-9-10-6/h7H,2-4H2,1H3. The maximum absolute atomic E-state index is 4.65. The van der Waals surface area contributed by atoms with Gasteiger partial charge < -0.3 is 9.84 Å². The van der Waals surface area contributed by atoms with Crippen molar-refractivity contribution in [3.05, 3.63) is 6.20 Å². The van der Waals surface area contributed by atoms with Gasteiger partial charge in [0.2, 0.25) is 0 Å². The number of unbranched alkanes of at least 4 members (excludes halogenated alkanes) is 1. The minimum Gasteiger partial charge on any atom is -0.352 e. The third-order valence-corrected chi connectivity index (χ3v) is 1.14. The Bertz CT molecular complexity index is 162. The van der Waals surface area contributed by atoms with Crippen molar-refractivity contribution in [1.82, 2.24) is 10.4 Å². The van der Waals surface area contributed by atoms with Gasteiger partial charge in [-0.15, -0.1) is 5.10 Å². The van der Waals surface area contributed by atoms with E-state index in [9.17, 15) is 0 Å². The van der Waals surface area contributed by atoms with Gasteiger partial charge in [-0.2, -0.15) is 0 Å². The molecule has 4 heteroatoms. The van der Waals surface area contributed by atoms with Crippen molar-refractivity contribution in [1.29, 1.82) is 0 Å². The van der Waals surface area contributed by atoms with Crippen LogP contribution < -0.4 is 5.32 Å². The summed E-state index contributed by atoms with van der Waals surface area (Å²) in [6.45, 7) is 3.02. The van der Waals surface area contributed by atoms with Crippen LogP contribution in [0.15, 0.2) is 4.52 Å². The van der Waals surface area contributed by atoms with Crippen molar-refractivity contribution in [2.45, 2.75) is 19.8 Å². The van der Waals surface area contributed by atoms with Crippen molar-refractivity contribution in [3.8, 4) is 0 Å². The molecule has 55 valence electrons. The van der Waals surface area contributed by atoms with Crippen LogP contribution in [-0.2, 0) is 0 Å². The first-order valence-electron chi connectivity index (χ1n) is 3.37. The molecule has 1 heterocycles. The molecule has 0 fully saturated rings. The van der Waals surface area contributed by atoms with Crippen LogP contribution in [0.25, 0.3) is 0 Å². The molecule has 0 bridgehead atoms. The Morgan fingerprint density at radius 1 is 1.70 bits per heavy atom. The van der Waals surface area contributed by atoms with Gasteiger partial charge in [-0.1, -0.05) is 13.3 Å². The van der Waals surface area contributed by atoms with Gasteiger partial charge in [0, 0.05) is 11.8 Å². The predicted octanol–water partition coefficient (Wildman–Crippen LogP) is 1.08. The lowest BCUT2D eigenvalue weighted by Gasteiger charge is -1.96. The number of aromatic nitrogens is 2. The Balaban J connectivity index is 2.15. The molecule has 1 aromatic heterocycles. The number of hydrogen-bond donors (Lipinski definition) is 1. The lowest BCUT2D eigenvalue weighted by atomic mass is 10.3. The second kappa shape index (κ2) is 3.87. The van der Waals surface area contributed by atoms with E-state index in [1.165, 1.54) is 0 Å². The normalized spacial score (nSPS) is 9.70. The zero-order valence-corrected chi connectivity index (χ0v) is 5.92. The molecule has 1 radical (unpaired) electrons. The van der Waals surface area contributed by atoms with E-state index in [1.54, 1.807) is 0 Å². The summed E-state index contributed by atoms with van der Waals surface area (Å²) in [6, 6.07) is 0. The maximum atomic E-state index is 4.65. The monoisotopic (exact) mass is 140 g/mol. The maximum Gasteiger partial charge on any atom is 0.255 e. The molecule has 0 saturated heterocycles. The fourth-order valence-electron chi connectivity index (χ4n) is 0.598. The van der Waals surface area contributed by atoms with Crippen LogP contribution >= 0.6 is 0 Å². The molecule has 0 aliphatic carbocycles. The topological polar surface area (TPSA) is 51.0 Å². The Kier molecular flexibility index (Phi) is 2.73. The summed E-state index contributed by atoms with van der Waals surface area (Å²) in [5.41, 5.74) is 0. The molecule has 0 aromatic carbocycles. The van der Waals surface area contributed by atoms with Gasteiger partial charge in [0.1, 0.15) is 0 Å². The van der Waals surface area contributed by atoms with E-state index >= 15 is 0 Å². The molecule has 0 unspecified atom stereocenters. The zero-order chi connectivity index (χ0) is 7.23. The Hall–Kier alpha value is -1.06. The lowest BCUT2D eigenvalue weighted by molar-refractivity contribution is 0.403. The van der Waals surface area contributed by atoms with Gasteiger partial charge in [-0.3, -0.25) is 0 Å². The van der Waals surface area contributed by atoms with E-state index in [0.717, 1.165) is 19.4 Å². The average molecular weight is 140 g/mol. The Morgan fingerprint density at radius 2 is 2.60 bits per heavy atom. The summed E-state index contributed by atoms with van der Waals surface area (Å²) in [5, 5.41) is 9.63. The van der Waals surface area contributed by atoms with Gasteiger partial charge in [-0.25, -0.2) is 0 Å². The number of anilines is 1. The highest BCUT2D eigenvalue weighted by Crippen LogP contribution is 1.99. The van der Waals surface area contributed by atoms with E-state index in [1.807, 2.05) is 0 Å². The van der Waals surface area contributed by atoms with Crippen molar-refractivity contribution >= 4 is 5.88 Å². The van der Waals surface area contributed by atoms with E-state index < -0.39 is 0 Å². The van der Waals surface area contributed by atoms with Gasteiger partial charge in [0.25, 0.3) is 5.88 Å². The summed E-state index contributed by atoms with van der Waals surface area (Å²) < 4.78 is 4.65. The number of nitrogens with zero attached hydrogens (tertiary/aromatic N) is 2. The molecule has 0 aliphatic heterocycles. The summed E-state index contributed by atoms with van der Waals surface area (Å²) in [5.74, 6) is 0.522. The van der Waals surface area contributed by atoms with Gasteiger partial charge in [0.05, 0.1) is 0 Å². The predicted molar refractivity (Wildman–Crippen MR) is 36.5 cm³/mol. The highest BCUT2D eigenvalue weighted by molar-refractivity contribution is 5.22. The molecule has 10 heavy (non-hydrogen) atoms. The number of nitrogens with one attached hydrogen (secondary N) is 1. The highest BCUT2D eigenvalue weighted by atomic mass is 16.5. The van der Waals surface area contributed by atoms with Gasteiger partial charge in [-0.05, 0) is 6.42 Å². The van der Waals surface area contributed by atoms with Crippen molar-refractivity contribution in [3.63, 3.8) is 0 Å².